The molecule has 1 fully saturated rings. The maximum Gasteiger partial charge on any atom is 0.0357 e. The first kappa shape index (κ1) is 12.0. The standard InChI is InChI=1S/C14H21NS/c1-10-4-5-13(11(2)8-10)14(15-3)12-6-7-16-9-12/h4-5,8,12,14-15H,6-7,9H2,1-3H3. The predicted octanol–water partition coefficient (Wildman–Crippen LogP) is 3.32. The molecule has 1 aromatic carbocycles. The Morgan fingerprint density at radius 2 is 2.19 bits per heavy atom. The van der Waals surface area contributed by atoms with Gasteiger partial charge in [-0.05, 0) is 55.9 Å². The first-order valence-corrected chi connectivity index (χ1v) is 7.20. The Hall–Kier alpha value is -0.470. The van der Waals surface area contributed by atoms with Gasteiger partial charge in [-0.15, -0.1) is 0 Å². The van der Waals surface area contributed by atoms with Gasteiger partial charge in [0.15, 0.2) is 0 Å². The maximum atomic E-state index is 3.51. The minimum atomic E-state index is 0.538. The molecule has 0 aromatic heterocycles. The van der Waals surface area contributed by atoms with Gasteiger partial charge in [-0.25, -0.2) is 0 Å². The number of hydrogen-bond donors (Lipinski definition) is 1. The summed E-state index contributed by atoms with van der Waals surface area (Å²) in [6, 6.07) is 7.36. The van der Waals surface area contributed by atoms with Crippen LogP contribution < -0.4 is 5.32 Å². The van der Waals surface area contributed by atoms with Crippen molar-refractivity contribution in [2.45, 2.75) is 26.3 Å². The number of aryl methyl sites for hydroxylation is 2. The average Bonchev–Trinajstić information content (AvgIpc) is 2.75. The van der Waals surface area contributed by atoms with E-state index < -0.39 is 0 Å². The molecule has 2 unspecified atom stereocenters. The van der Waals surface area contributed by atoms with Crippen LogP contribution in [-0.4, -0.2) is 18.6 Å². The summed E-state index contributed by atoms with van der Waals surface area (Å²) in [7, 11) is 2.09. The van der Waals surface area contributed by atoms with Crippen molar-refractivity contribution in [2.24, 2.45) is 5.92 Å². The minimum absolute atomic E-state index is 0.538. The Bertz CT molecular complexity index is 356. The third kappa shape index (κ3) is 2.44. The highest BCUT2D eigenvalue weighted by Gasteiger charge is 2.26. The normalized spacial score (nSPS) is 22.3. The summed E-state index contributed by atoms with van der Waals surface area (Å²) in [5.74, 6) is 3.43. The Balaban J connectivity index is 2.25. The fraction of sp³-hybridized carbons (Fsp3) is 0.571. The number of nitrogens with one attached hydrogen (secondary N) is 1. The van der Waals surface area contributed by atoms with E-state index in [-0.39, 0.29) is 0 Å². The van der Waals surface area contributed by atoms with Gasteiger partial charge in [0.05, 0.1) is 0 Å². The first-order chi connectivity index (χ1) is 7.72. The van der Waals surface area contributed by atoms with Gasteiger partial charge in [-0.3, -0.25) is 0 Å². The van der Waals surface area contributed by atoms with Gasteiger partial charge in [0.1, 0.15) is 0 Å². The molecule has 1 saturated heterocycles. The zero-order valence-corrected chi connectivity index (χ0v) is 11.2. The molecule has 1 heterocycles. The summed E-state index contributed by atoms with van der Waals surface area (Å²) in [5, 5.41) is 3.51. The molecular weight excluding hydrogens is 214 g/mol. The second-order valence-corrected chi connectivity index (χ2v) is 5.90. The van der Waals surface area contributed by atoms with Crippen LogP contribution in [0.2, 0.25) is 0 Å². The third-order valence-electron chi connectivity index (χ3n) is 3.51. The molecule has 88 valence electrons. The van der Waals surface area contributed by atoms with E-state index in [1.165, 1.54) is 34.6 Å². The van der Waals surface area contributed by atoms with E-state index in [9.17, 15) is 0 Å². The third-order valence-corrected chi connectivity index (χ3v) is 4.70. The molecule has 2 rings (SSSR count). The largest absolute Gasteiger partial charge is 0.313 e. The summed E-state index contributed by atoms with van der Waals surface area (Å²) in [6.45, 7) is 4.39. The SMILES string of the molecule is CNC(c1ccc(C)cc1C)C1CCSC1. The molecule has 1 aliphatic rings. The quantitative estimate of drug-likeness (QED) is 0.862. The van der Waals surface area contributed by atoms with Crippen LogP contribution in [0.25, 0.3) is 0 Å². The molecule has 0 aliphatic carbocycles. The minimum Gasteiger partial charge on any atom is -0.313 e. The van der Waals surface area contributed by atoms with Gasteiger partial charge in [-0.1, -0.05) is 23.8 Å². The molecule has 0 spiro atoms. The topological polar surface area (TPSA) is 12.0 Å². The Morgan fingerprint density at radius 3 is 2.75 bits per heavy atom. The number of rotatable bonds is 3. The molecule has 0 bridgehead atoms. The van der Waals surface area contributed by atoms with Crippen LogP contribution in [0.3, 0.4) is 0 Å². The summed E-state index contributed by atoms with van der Waals surface area (Å²) >= 11 is 2.09. The predicted molar refractivity (Wildman–Crippen MR) is 73.1 cm³/mol. The molecule has 16 heavy (non-hydrogen) atoms. The molecule has 1 aliphatic heterocycles. The lowest BCUT2D eigenvalue weighted by Crippen LogP contribution is -2.25. The Morgan fingerprint density at radius 1 is 1.38 bits per heavy atom. The van der Waals surface area contributed by atoms with Crippen molar-refractivity contribution in [3.63, 3.8) is 0 Å². The van der Waals surface area contributed by atoms with Gasteiger partial charge >= 0.3 is 0 Å². The Kier molecular flexibility index (Phi) is 3.93. The fourth-order valence-corrected chi connectivity index (χ4v) is 3.93. The highest BCUT2D eigenvalue weighted by Crippen LogP contribution is 2.35. The molecule has 0 amide bonds. The lowest BCUT2D eigenvalue weighted by molar-refractivity contribution is 0.418. The second-order valence-electron chi connectivity index (χ2n) is 4.75. The van der Waals surface area contributed by atoms with E-state index in [0.29, 0.717) is 6.04 Å². The van der Waals surface area contributed by atoms with Crippen molar-refractivity contribution in [2.75, 3.05) is 18.6 Å². The number of thioether (sulfide) groups is 1. The summed E-state index contributed by atoms with van der Waals surface area (Å²) in [5.41, 5.74) is 4.27. The number of hydrogen-bond acceptors (Lipinski definition) is 2. The summed E-state index contributed by atoms with van der Waals surface area (Å²) in [4.78, 5) is 0. The molecule has 0 radical (unpaired) electrons. The highest BCUT2D eigenvalue weighted by atomic mass is 32.2. The van der Waals surface area contributed by atoms with E-state index >= 15 is 0 Å². The van der Waals surface area contributed by atoms with Crippen LogP contribution in [0.1, 0.15) is 29.2 Å². The summed E-state index contributed by atoms with van der Waals surface area (Å²) in [6.07, 6.45) is 1.35. The van der Waals surface area contributed by atoms with Gasteiger partial charge in [-0.2, -0.15) is 11.8 Å². The molecule has 1 aromatic rings. The van der Waals surface area contributed by atoms with E-state index in [0.717, 1.165) is 5.92 Å². The average molecular weight is 235 g/mol. The second kappa shape index (κ2) is 5.24. The zero-order chi connectivity index (χ0) is 11.5. The summed E-state index contributed by atoms with van der Waals surface area (Å²) < 4.78 is 0. The molecule has 0 saturated carbocycles. The van der Waals surface area contributed by atoms with Crippen LogP contribution in [0.5, 0.6) is 0 Å². The van der Waals surface area contributed by atoms with Gasteiger partial charge in [0.25, 0.3) is 0 Å². The fourth-order valence-electron chi connectivity index (χ4n) is 2.64. The van der Waals surface area contributed by atoms with Crippen LogP contribution >= 0.6 is 11.8 Å². The van der Waals surface area contributed by atoms with E-state index in [1.807, 2.05) is 0 Å². The van der Waals surface area contributed by atoms with Crippen LogP contribution in [0, 0.1) is 19.8 Å². The molecule has 2 heteroatoms. The van der Waals surface area contributed by atoms with E-state index in [1.54, 1.807) is 0 Å². The number of benzene rings is 1. The molecular formula is C14H21NS. The van der Waals surface area contributed by atoms with Crippen molar-refractivity contribution in [1.82, 2.24) is 5.32 Å². The monoisotopic (exact) mass is 235 g/mol. The molecule has 1 nitrogen and oxygen atoms in total. The lowest BCUT2D eigenvalue weighted by Gasteiger charge is -2.24. The smallest absolute Gasteiger partial charge is 0.0357 e. The molecule has 2 atom stereocenters. The van der Waals surface area contributed by atoms with Crippen LogP contribution in [0.4, 0.5) is 0 Å². The lowest BCUT2D eigenvalue weighted by atomic mass is 9.89. The first-order valence-electron chi connectivity index (χ1n) is 6.04. The van der Waals surface area contributed by atoms with Gasteiger partial charge in [0.2, 0.25) is 0 Å². The van der Waals surface area contributed by atoms with Crippen molar-refractivity contribution in [3.05, 3.63) is 34.9 Å². The maximum absolute atomic E-state index is 3.51. The van der Waals surface area contributed by atoms with Gasteiger partial charge < -0.3 is 5.32 Å². The van der Waals surface area contributed by atoms with E-state index in [4.69, 9.17) is 0 Å². The zero-order valence-electron chi connectivity index (χ0n) is 10.4. The highest BCUT2D eigenvalue weighted by molar-refractivity contribution is 7.99. The van der Waals surface area contributed by atoms with Crippen molar-refractivity contribution in [1.29, 1.82) is 0 Å². The van der Waals surface area contributed by atoms with Crippen LogP contribution in [0.15, 0.2) is 18.2 Å². The van der Waals surface area contributed by atoms with Crippen molar-refractivity contribution < 1.29 is 0 Å². The van der Waals surface area contributed by atoms with Crippen molar-refractivity contribution in [3.8, 4) is 0 Å². The van der Waals surface area contributed by atoms with Gasteiger partial charge in [0, 0.05) is 6.04 Å². The Labute approximate surface area is 103 Å². The van der Waals surface area contributed by atoms with E-state index in [2.05, 4.69) is 56.2 Å². The molecule has 1 N–H and O–H groups in total. The van der Waals surface area contributed by atoms with Crippen molar-refractivity contribution >= 4 is 11.8 Å². The van der Waals surface area contributed by atoms with Crippen LogP contribution in [-0.2, 0) is 0 Å².